The van der Waals surface area contributed by atoms with Gasteiger partial charge in [-0.15, -0.1) is 0 Å². The van der Waals surface area contributed by atoms with Crippen LogP contribution in [0.3, 0.4) is 0 Å². The lowest BCUT2D eigenvalue weighted by Crippen LogP contribution is -2.04. The van der Waals surface area contributed by atoms with Crippen LogP contribution in [-0.4, -0.2) is 15.8 Å². The molecule has 0 N–H and O–H groups in total. The fraction of sp³-hybridized carbons (Fsp3) is 0.593. The number of nitrogens with zero attached hydrogens (tertiary/aromatic N) is 2. The molecule has 0 aliphatic rings. The number of aromatic nitrogens is 2. The maximum atomic E-state index is 12.9. The van der Waals surface area contributed by atoms with Crippen molar-refractivity contribution in [1.29, 1.82) is 0 Å². The predicted molar refractivity (Wildman–Crippen MR) is 127 cm³/mol. The van der Waals surface area contributed by atoms with Crippen LogP contribution in [0.15, 0.2) is 36.5 Å². The summed E-state index contributed by atoms with van der Waals surface area (Å²) < 4.78 is 0. The smallest absolute Gasteiger partial charge is 0.163 e. The fourth-order valence-corrected chi connectivity index (χ4v) is 3.79. The molecule has 30 heavy (non-hydrogen) atoms. The van der Waals surface area contributed by atoms with Crippen LogP contribution in [0.5, 0.6) is 0 Å². The van der Waals surface area contributed by atoms with Crippen LogP contribution in [0.25, 0.3) is 11.4 Å². The van der Waals surface area contributed by atoms with Crippen molar-refractivity contribution in [3.8, 4) is 11.4 Å². The molecule has 0 saturated heterocycles. The summed E-state index contributed by atoms with van der Waals surface area (Å²) in [6.07, 6.45) is 15.6. The molecular formula is C27H40N2O. The lowest BCUT2D eigenvalue weighted by Gasteiger charge is -2.10. The number of rotatable bonds is 15. The number of hydrogen-bond donors (Lipinski definition) is 0. The van der Waals surface area contributed by atoms with Crippen LogP contribution in [0.1, 0.15) is 107 Å². The van der Waals surface area contributed by atoms with Gasteiger partial charge in [-0.05, 0) is 31.2 Å². The summed E-state index contributed by atoms with van der Waals surface area (Å²) in [6, 6.07) is 9.83. The highest BCUT2D eigenvalue weighted by molar-refractivity contribution is 6.01. The minimum absolute atomic E-state index is 0.208. The normalized spacial score (nSPS) is 12.1. The monoisotopic (exact) mass is 408 g/mol. The Kier molecular flexibility index (Phi) is 11.4. The van der Waals surface area contributed by atoms with Crippen LogP contribution in [-0.2, 0) is 6.42 Å². The minimum atomic E-state index is 0.208. The number of unbranched alkanes of at least 4 members (excludes halogenated alkanes) is 6. The molecule has 0 saturated carbocycles. The summed E-state index contributed by atoms with van der Waals surface area (Å²) in [6.45, 7) is 6.76. The summed E-state index contributed by atoms with van der Waals surface area (Å²) in [5.41, 5.74) is 2.71. The van der Waals surface area contributed by atoms with E-state index in [9.17, 15) is 4.79 Å². The zero-order valence-electron chi connectivity index (χ0n) is 19.3. The molecule has 0 fully saturated rings. The highest BCUT2D eigenvalue weighted by Gasteiger charge is 2.14. The Labute approximate surface area is 183 Å². The molecule has 2 aromatic rings. The van der Waals surface area contributed by atoms with Gasteiger partial charge in [-0.1, -0.05) is 96.4 Å². The number of benzene rings is 1. The first kappa shape index (κ1) is 24.2. The Hall–Kier alpha value is -2.03. The molecule has 1 atom stereocenters. The maximum absolute atomic E-state index is 12.9. The first-order chi connectivity index (χ1) is 14.7. The van der Waals surface area contributed by atoms with Crippen molar-refractivity contribution in [2.75, 3.05) is 0 Å². The van der Waals surface area contributed by atoms with Crippen molar-refractivity contribution in [3.05, 3.63) is 47.8 Å². The van der Waals surface area contributed by atoms with E-state index in [1.165, 1.54) is 44.9 Å². The van der Waals surface area contributed by atoms with Gasteiger partial charge in [-0.25, -0.2) is 9.97 Å². The van der Waals surface area contributed by atoms with Gasteiger partial charge in [0.15, 0.2) is 11.6 Å². The van der Waals surface area contributed by atoms with E-state index in [4.69, 9.17) is 4.98 Å². The van der Waals surface area contributed by atoms with E-state index in [1.807, 2.05) is 36.5 Å². The molecule has 3 nitrogen and oxygen atoms in total. The molecule has 0 bridgehead atoms. The quantitative estimate of drug-likeness (QED) is 0.223. The summed E-state index contributed by atoms with van der Waals surface area (Å²) in [5, 5.41) is 0. The van der Waals surface area contributed by atoms with Crippen molar-refractivity contribution in [2.24, 2.45) is 5.92 Å². The molecule has 1 heterocycles. The summed E-state index contributed by atoms with van der Waals surface area (Å²) >= 11 is 0. The molecule has 164 valence electrons. The molecule has 3 heteroatoms. The molecule has 0 spiro atoms. The Morgan fingerprint density at radius 3 is 2.50 bits per heavy atom. The van der Waals surface area contributed by atoms with E-state index in [2.05, 4.69) is 25.8 Å². The molecule has 0 radical (unpaired) electrons. The van der Waals surface area contributed by atoms with E-state index in [-0.39, 0.29) is 5.78 Å². The highest BCUT2D eigenvalue weighted by atomic mass is 16.1. The van der Waals surface area contributed by atoms with Gasteiger partial charge in [-0.2, -0.15) is 0 Å². The molecule has 1 aromatic heterocycles. The molecular weight excluding hydrogens is 368 g/mol. The molecule has 0 aliphatic heterocycles. The largest absolute Gasteiger partial charge is 0.294 e. The van der Waals surface area contributed by atoms with Gasteiger partial charge in [0.1, 0.15) is 0 Å². The van der Waals surface area contributed by atoms with E-state index in [0.29, 0.717) is 12.2 Å². The van der Waals surface area contributed by atoms with Gasteiger partial charge >= 0.3 is 0 Å². The average Bonchev–Trinajstić information content (AvgIpc) is 2.79. The lowest BCUT2D eigenvalue weighted by atomic mass is 9.96. The molecule has 0 aliphatic carbocycles. The van der Waals surface area contributed by atoms with E-state index < -0.39 is 0 Å². The van der Waals surface area contributed by atoms with Crippen molar-refractivity contribution in [1.82, 2.24) is 9.97 Å². The third-order valence-corrected chi connectivity index (χ3v) is 6.02. The van der Waals surface area contributed by atoms with Gasteiger partial charge in [0.05, 0.1) is 0 Å². The van der Waals surface area contributed by atoms with Gasteiger partial charge in [0, 0.05) is 29.4 Å². The number of aryl methyl sites for hydroxylation is 1. The minimum Gasteiger partial charge on any atom is -0.294 e. The molecule has 2 rings (SSSR count). The second-order valence-electron chi connectivity index (χ2n) is 8.62. The first-order valence-electron chi connectivity index (χ1n) is 12.1. The Morgan fingerprint density at radius 2 is 1.70 bits per heavy atom. The zero-order valence-corrected chi connectivity index (χ0v) is 19.3. The molecule has 0 amide bonds. The van der Waals surface area contributed by atoms with Crippen LogP contribution in [0.4, 0.5) is 0 Å². The highest BCUT2D eigenvalue weighted by Crippen LogP contribution is 2.23. The maximum Gasteiger partial charge on any atom is 0.163 e. The van der Waals surface area contributed by atoms with Crippen LogP contribution < -0.4 is 0 Å². The Morgan fingerprint density at radius 1 is 0.933 bits per heavy atom. The number of ketones is 1. The third kappa shape index (κ3) is 8.38. The van der Waals surface area contributed by atoms with E-state index in [0.717, 1.165) is 48.4 Å². The number of Topliss-reactive ketones (excluding diaryl/α,β-unsaturated/α-hetero) is 1. The molecule has 1 unspecified atom stereocenters. The fourth-order valence-electron chi connectivity index (χ4n) is 3.79. The summed E-state index contributed by atoms with van der Waals surface area (Å²) in [7, 11) is 0. The van der Waals surface area contributed by atoms with Gasteiger partial charge < -0.3 is 0 Å². The van der Waals surface area contributed by atoms with Crippen molar-refractivity contribution in [2.45, 2.75) is 97.8 Å². The number of carbonyl (C=O) groups excluding carboxylic acids is 1. The van der Waals surface area contributed by atoms with Crippen molar-refractivity contribution in [3.63, 3.8) is 0 Å². The number of carbonyl (C=O) groups is 1. The molecule has 1 aromatic carbocycles. The average molecular weight is 409 g/mol. The number of hydrogen-bond acceptors (Lipinski definition) is 3. The predicted octanol–water partition coefficient (Wildman–Crippen LogP) is 7.84. The van der Waals surface area contributed by atoms with E-state index >= 15 is 0 Å². The lowest BCUT2D eigenvalue weighted by molar-refractivity contribution is 0.0979. The van der Waals surface area contributed by atoms with Crippen LogP contribution >= 0.6 is 0 Å². The second kappa shape index (κ2) is 14.1. The topological polar surface area (TPSA) is 42.9 Å². The van der Waals surface area contributed by atoms with Gasteiger partial charge in [-0.3, -0.25) is 4.79 Å². The first-order valence-corrected chi connectivity index (χ1v) is 12.1. The van der Waals surface area contributed by atoms with Gasteiger partial charge in [0.25, 0.3) is 0 Å². The SMILES string of the molecule is CCCCCCCCc1ccnc(-c2ccccc2C(=O)CCCCC(C)CC)n1. The standard InChI is InChI=1S/C27H40N2O/c1-4-6-7-8-9-10-16-23-20-21-28-27(29-23)25-18-13-12-17-24(25)26(30)19-14-11-15-22(3)5-2/h12-13,17-18,20-22H,4-11,14-16,19H2,1-3H3. The van der Waals surface area contributed by atoms with Crippen molar-refractivity contribution >= 4 is 5.78 Å². The van der Waals surface area contributed by atoms with Crippen molar-refractivity contribution < 1.29 is 4.79 Å². The van der Waals surface area contributed by atoms with Crippen LogP contribution in [0, 0.1) is 5.92 Å². The third-order valence-electron chi connectivity index (χ3n) is 6.02. The van der Waals surface area contributed by atoms with E-state index in [1.54, 1.807) is 0 Å². The zero-order chi connectivity index (χ0) is 21.6. The summed E-state index contributed by atoms with van der Waals surface area (Å²) in [5.74, 6) is 1.64. The second-order valence-corrected chi connectivity index (χ2v) is 8.62. The Balaban J connectivity index is 1.96. The van der Waals surface area contributed by atoms with Gasteiger partial charge in [0.2, 0.25) is 0 Å². The summed E-state index contributed by atoms with van der Waals surface area (Å²) in [4.78, 5) is 22.2. The Bertz CT molecular complexity index is 756. The van der Waals surface area contributed by atoms with Crippen LogP contribution in [0.2, 0.25) is 0 Å².